The smallest absolute Gasteiger partial charge is 0.320 e. The van der Waals surface area contributed by atoms with E-state index >= 15 is 0 Å². The topological polar surface area (TPSA) is 66.8 Å². The van der Waals surface area contributed by atoms with Gasteiger partial charge in [0.15, 0.2) is 5.78 Å². The van der Waals surface area contributed by atoms with Gasteiger partial charge >= 0.3 is 5.97 Å². The van der Waals surface area contributed by atoms with Crippen LogP contribution < -0.4 is 4.74 Å². The maximum Gasteiger partial charge on any atom is 0.320 e. The molecule has 5 nitrogen and oxygen atoms in total. The van der Waals surface area contributed by atoms with Crippen LogP contribution in [0, 0.1) is 0 Å². The predicted octanol–water partition coefficient (Wildman–Crippen LogP) is 2.73. The van der Waals surface area contributed by atoms with Crippen molar-refractivity contribution in [3.63, 3.8) is 0 Å². The van der Waals surface area contributed by atoms with Crippen LogP contribution in [0.25, 0.3) is 0 Å². The number of ketones is 1. The first-order valence-electron chi connectivity index (χ1n) is 7.69. The molecule has 0 spiro atoms. The van der Waals surface area contributed by atoms with Crippen molar-refractivity contribution in [2.45, 2.75) is 52.2 Å². The van der Waals surface area contributed by atoms with Gasteiger partial charge in [-0.3, -0.25) is 14.5 Å². The summed E-state index contributed by atoms with van der Waals surface area (Å²) >= 11 is 0. The summed E-state index contributed by atoms with van der Waals surface area (Å²) in [6.45, 7) is 6.15. The van der Waals surface area contributed by atoms with Gasteiger partial charge in [0.2, 0.25) is 0 Å². The minimum Gasteiger partial charge on any atom is -0.494 e. The highest BCUT2D eigenvalue weighted by Crippen LogP contribution is 2.32. The van der Waals surface area contributed by atoms with Crippen molar-refractivity contribution >= 4 is 11.8 Å². The van der Waals surface area contributed by atoms with Crippen LogP contribution in [0.15, 0.2) is 18.2 Å². The normalized spacial score (nSPS) is 15.6. The van der Waals surface area contributed by atoms with Crippen LogP contribution in [0.1, 0.15) is 49.5 Å². The Balaban J connectivity index is 2.29. The first kappa shape index (κ1) is 16.5. The number of nitrogens with zero attached hydrogens (tertiary/aromatic N) is 1. The van der Waals surface area contributed by atoms with Gasteiger partial charge in [-0.25, -0.2) is 0 Å². The number of Topliss-reactive ketones (excluding diaryl/α,β-unsaturated/α-hetero) is 1. The molecule has 0 saturated heterocycles. The number of carboxylic acid groups (broad SMARTS) is 1. The minimum absolute atomic E-state index is 0.00597. The van der Waals surface area contributed by atoms with E-state index in [9.17, 15) is 14.7 Å². The second-order valence-electron chi connectivity index (χ2n) is 5.73. The third-order valence-electron chi connectivity index (χ3n) is 3.99. The maximum atomic E-state index is 11.6. The summed E-state index contributed by atoms with van der Waals surface area (Å²) in [5.74, 6) is -0.114. The van der Waals surface area contributed by atoms with Crippen LogP contribution in [0.2, 0.25) is 0 Å². The number of carbonyl (C=O) groups excluding carboxylic acids is 1. The first-order chi connectivity index (χ1) is 10.4. The molecule has 120 valence electrons. The Labute approximate surface area is 130 Å². The fraction of sp³-hybridized carbons (Fsp3) is 0.529. The van der Waals surface area contributed by atoms with Crippen LogP contribution in [-0.2, 0) is 11.3 Å². The quantitative estimate of drug-likeness (QED) is 0.748. The van der Waals surface area contributed by atoms with Gasteiger partial charge in [0, 0.05) is 23.7 Å². The van der Waals surface area contributed by atoms with E-state index in [-0.39, 0.29) is 5.78 Å². The highest BCUT2D eigenvalue weighted by molar-refractivity contribution is 5.94. The first-order valence-corrected chi connectivity index (χ1v) is 7.69. The molecule has 1 aliphatic carbocycles. The molecular formula is C17H23NO4. The third kappa shape index (κ3) is 3.85. The number of aliphatic carboxylic acids is 1. The van der Waals surface area contributed by atoms with E-state index in [2.05, 4.69) is 0 Å². The number of ether oxygens (including phenoxy) is 1. The molecule has 0 amide bonds. The fourth-order valence-corrected chi connectivity index (χ4v) is 2.55. The molecule has 2 rings (SSSR count). The van der Waals surface area contributed by atoms with Crippen LogP contribution in [0.4, 0.5) is 0 Å². The van der Waals surface area contributed by atoms with Crippen molar-refractivity contribution in [1.82, 2.24) is 4.90 Å². The summed E-state index contributed by atoms with van der Waals surface area (Å²) in [6.07, 6.45) is 2.04. The Bertz CT molecular complexity index is 566. The van der Waals surface area contributed by atoms with E-state index in [1.165, 1.54) is 6.92 Å². The van der Waals surface area contributed by atoms with E-state index in [1.54, 1.807) is 19.1 Å². The second-order valence-corrected chi connectivity index (χ2v) is 5.73. The molecule has 1 aliphatic rings. The molecule has 0 aromatic heterocycles. The molecule has 1 saturated carbocycles. The monoisotopic (exact) mass is 305 g/mol. The molecule has 5 heteroatoms. The minimum atomic E-state index is -0.826. The molecule has 1 N–H and O–H groups in total. The molecule has 1 aromatic carbocycles. The second kappa shape index (κ2) is 6.92. The lowest BCUT2D eigenvalue weighted by Gasteiger charge is -2.27. The molecule has 0 aliphatic heterocycles. The standard InChI is InChI=1S/C17H23NO4/c1-4-22-16-8-5-13(12(3)19)9-14(16)10-18(15-6-7-15)11(2)17(20)21/h5,8-9,11,15H,4,6-7,10H2,1-3H3,(H,20,21). The SMILES string of the molecule is CCOc1ccc(C(C)=O)cc1CN(C1CC1)C(C)C(=O)O. The highest BCUT2D eigenvalue weighted by Gasteiger charge is 2.35. The Kier molecular flexibility index (Phi) is 5.19. The van der Waals surface area contributed by atoms with E-state index in [0.717, 1.165) is 24.2 Å². The lowest BCUT2D eigenvalue weighted by Crippen LogP contribution is -2.40. The molecule has 0 heterocycles. The van der Waals surface area contributed by atoms with Gasteiger partial charge in [0.25, 0.3) is 0 Å². The van der Waals surface area contributed by atoms with Crippen LogP contribution in [0.3, 0.4) is 0 Å². The number of hydrogen-bond acceptors (Lipinski definition) is 4. The number of carboxylic acids is 1. The summed E-state index contributed by atoms with van der Waals surface area (Å²) < 4.78 is 5.63. The third-order valence-corrected chi connectivity index (χ3v) is 3.99. The Morgan fingerprint density at radius 3 is 2.59 bits per heavy atom. The van der Waals surface area contributed by atoms with Gasteiger partial charge in [-0.1, -0.05) is 0 Å². The Morgan fingerprint density at radius 1 is 1.41 bits per heavy atom. The van der Waals surface area contributed by atoms with Crippen molar-refractivity contribution in [3.8, 4) is 5.75 Å². The summed E-state index contributed by atoms with van der Waals surface area (Å²) in [5, 5.41) is 9.30. The van der Waals surface area contributed by atoms with Crippen LogP contribution >= 0.6 is 0 Å². The average Bonchev–Trinajstić information content (AvgIpc) is 3.29. The van der Waals surface area contributed by atoms with E-state index in [1.807, 2.05) is 17.9 Å². The summed E-state index contributed by atoms with van der Waals surface area (Å²) in [7, 11) is 0. The fourth-order valence-electron chi connectivity index (χ4n) is 2.55. The maximum absolute atomic E-state index is 11.6. The highest BCUT2D eigenvalue weighted by atomic mass is 16.5. The van der Waals surface area contributed by atoms with Crippen molar-refractivity contribution in [2.24, 2.45) is 0 Å². The van der Waals surface area contributed by atoms with Crippen molar-refractivity contribution < 1.29 is 19.4 Å². The molecular weight excluding hydrogens is 282 g/mol. The number of rotatable bonds is 8. The molecule has 0 bridgehead atoms. The lowest BCUT2D eigenvalue weighted by atomic mass is 10.1. The molecule has 1 fully saturated rings. The van der Waals surface area contributed by atoms with Gasteiger partial charge < -0.3 is 9.84 Å². The molecule has 0 radical (unpaired) electrons. The summed E-state index contributed by atoms with van der Waals surface area (Å²) in [4.78, 5) is 24.9. The molecule has 1 unspecified atom stereocenters. The van der Waals surface area contributed by atoms with E-state index in [0.29, 0.717) is 24.8 Å². The Morgan fingerprint density at radius 2 is 2.09 bits per heavy atom. The zero-order valence-corrected chi connectivity index (χ0v) is 13.3. The van der Waals surface area contributed by atoms with Gasteiger partial charge in [0.1, 0.15) is 11.8 Å². The van der Waals surface area contributed by atoms with Crippen LogP contribution in [-0.4, -0.2) is 40.4 Å². The lowest BCUT2D eigenvalue weighted by molar-refractivity contribution is -0.143. The average molecular weight is 305 g/mol. The van der Waals surface area contributed by atoms with Crippen molar-refractivity contribution in [3.05, 3.63) is 29.3 Å². The van der Waals surface area contributed by atoms with Crippen molar-refractivity contribution in [1.29, 1.82) is 0 Å². The summed E-state index contributed by atoms with van der Waals surface area (Å²) in [5.41, 5.74) is 1.49. The van der Waals surface area contributed by atoms with Gasteiger partial charge in [-0.05, 0) is 51.8 Å². The molecule has 22 heavy (non-hydrogen) atoms. The van der Waals surface area contributed by atoms with Gasteiger partial charge in [-0.2, -0.15) is 0 Å². The molecule has 1 atom stereocenters. The van der Waals surface area contributed by atoms with E-state index in [4.69, 9.17) is 4.74 Å². The van der Waals surface area contributed by atoms with Gasteiger partial charge in [-0.15, -0.1) is 0 Å². The number of hydrogen-bond donors (Lipinski definition) is 1. The molecule has 1 aromatic rings. The number of benzene rings is 1. The number of carbonyl (C=O) groups is 2. The summed E-state index contributed by atoms with van der Waals surface area (Å²) in [6, 6.07) is 5.12. The van der Waals surface area contributed by atoms with E-state index < -0.39 is 12.0 Å². The predicted molar refractivity (Wildman–Crippen MR) is 83.3 cm³/mol. The zero-order chi connectivity index (χ0) is 16.3. The Hall–Kier alpha value is -1.88. The largest absolute Gasteiger partial charge is 0.494 e. The zero-order valence-electron chi connectivity index (χ0n) is 13.3. The van der Waals surface area contributed by atoms with Crippen molar-refractivity contribution in [2.75, 3.05) is 6.61 Å². The van der Waals surface area contributed by atoms with Gasteiger partial charge in [0.05, 0.1) is 6.61 Å². The van der Waals surface area contributed by atoms with Crippen LogP contribution in [0.5, 0.6) is 5.75 Å².